The highest BCUT2D eigenvalue weighted by Gasteiger charge is 2.28. The number of allylic oxidation sites excluding steroid dienone is 1. The van der Waals surface area contributed by atoms with E-state index in [1.165, 1.54) is 0 Å². The summed E-state index contributed by atoms with van der Waals surface area (Å²) >= 11 is 0. The Labute approximate surface area is 149 Å². The van der Waals surface area contributed by atoms with Gasteiger partial charge in [-0.25, -0.2) is 4.79 Å². The van der Waals surface area contributed by atoms with Gasteiger partial charge in [-0.15, -0.1) is 0 Å². The summed E-state index contributed by atoms with van der Waals surface area (Å²) in [5.41, 5.74) is 4.09. The van der Waals surface area contributed by atoms with Crippen LogP contribution in [0.2, 0.25) is 0 Å². The second kappa shape index (κ2) is 6.21. The fourth-order valence-electron chi connectivity index (χ4n) is 3.35. The van der Waals surface area contributed by atoms with Gasteiger partial charge >= 0.3 is 5.63 Å². The number of hydrogen-bond donors (Lipinski definition) is 0. The maximum absolute atomic E-state index is 12.1. The first kappa shape index (κ1) is 17.5. The summed E-state index contributed by atoms with van der Waals surface area (Å²) in [6, 6.07) is 3.59. The maximum Gasteiger partial charge on any atom is 0.336 e. The van der Waals surface area contributed by atoms with Gasteiger partial charge in [0.2, 0.25) is 0 Å². The first-order valence-corrected chi connectivity index (χ1v) is 8.90. The van der Waals surface area contributed by atoms with E-state index in [0.717, 1.165) is 46.2 Å². The molecule has 0 bridgehead atoms. The van der Waals surface area contributed by atoms with Gasteiger partial charge in [0.25, 0.3) is 0 Å². The lowest BCUT2D eigenvalue weighted by Crippen LogP contribution is -2.28. The normalized spacial score (nSPS) is 16.4. The maximum atomic E-state index is 12.1. The fraction of sp³-hybridized carbons (Fsp3) is 0.409. The summed E-state index contributed by atoms with van der Waals surface area (Å²) in [5.74, 6) is 0.966. The molecule has 2 heterocycles. The van der Waals surface area contributed by atoms with Crippen LogP contribution in [0.3, 0.4) is 0 Å². The lowest BCUT2D eigenvalue weighted by Gasteiger charge is -2.31. The molecule has 1 atom stereocenters. The molecular weight excluding hydrogens is 312 g/mol. The highest BCUT2D eigenvalue weighted by molar-refractivity contribution is 5.93. The highest BCUT2D eigenvalue weighted by atomic mass is 16.5. The Morgan fingerprint density at radius 3 is 2.68 bits per heavy atom. The second-order valence-corrected chi connectivity index (χ2v) is 7.53. The predicted molar refractivity (Wildman–Crippen MR) is 103 cm³/mol. The molecular formula is C22H26O3. The molecule has 0 aliphatic carbocycles. The molecule has 0 unspecified atom stereocenters. The molecule has 0 radical (unpaired) electrons. The van der Waals surface area contributed by atoms with Crippen LogP contribution in [-0.4, -0.2) is 5.60 Å². The molecule has 25 heavy (non-hydrogen) atoms. The molecule has 1 aromatic heterocycles. The zero-order valence-electron chi connectivity index (χ0n) is 15.7. The molecule has 3 rings (SSSR count). The molecule has 0 amide bonds. The van der Waals surface area contributed by atoms with Crippen LogP contribution in [0.5, 0.6) is 5.75 Å². The van der Waals surface area contributed by atoms with E-state index in [4.69, 9.17) is 9.15 Å². The van der Waals surface area contributed by atoms with Gasteiger partial charge in [0, 0.05) is 17.5 Å². The topological polar surface area (TPSA) is 39.4 Å². The third-order valence-electron chi connectivity index (χ3n) is 4.88. The molecule has 0 saturated heterocycles. The first-order chi connectivity index (χ1) is 11.7. The Morgan fingerprint density at radius 2 is 2.04 bits per heavy atom. The molecule has 0 fully saturated rings. The molecule has 1 aliphatic heterocycles. The lowest BCUT2D eigenvalue weighted by molar-refractivity contribution is 0.161. The van der Waals surface area contributed by atoms with Gasteiger partial charge in [-0.3, -0.25) is 0 Å². The van der Waals surface area contributed by atoms with Gasteiger partial charge in [0.15, 0.2) is 0 Å². The van der Waals surface area contributed by atoms with Crippen molar-refractivity contribution in [2.75, 3.05) is 0 Å². The smallest absolute Gasteiger partial charge is 0.336 e. The van der Waals surface area contributed by atoms with Crippen molar-refractivity contribution in [3.63, 3.8) is 0 Å². The molecule has 1 aromatic carbocycles. The predicted octanol–water partition coefficient (Wildman–Crippen LogP) is 5.61. The fourth-order valence-corrected chi connectivity index (χ4v) is 3.35. The summed E-state index contributed by atoms with van der Waals surface area (Å²) in [6.45, 7) is 14.4. The van der Waals surface area contributed by atoms with Crippen molar-refractivity contribution in [3.8, 4) is 5.75 Å². The minimum absolute atomic E-state index is 0.146. The number of benzene rings is 1. The highest BCUT2D eigenvalue weighted by Crippen LogP contribution is 2.43. The lowest BCUT2D eigenvalue weighted by atomic mass is 9.86. The molecule has 2 aromatic rings. The van der Waals surface area contributed by atoms with E-state index in [1.807, 2.05) is 26.8 Å². The quantitative estimate of drug-likeness (QED) is 0.537. The number of ether oxygens (including phenoxy) is 1. The van der Waals surface area contributed by atoms with Crippen molar-refractivity contribution in [3.05, 3.63) is 57.5 Å². The number of hydrogen-bond acceptors (Lipinski definition) is 3. The summed E-state index contributed by atoms with van der Waals surface area (Å²) in [7, 11) is 0. The van der Waals surface area contributed by atoms with Gasteiger partial charge in [-0.05, 0) is 50.5 Å². The zero-order valence-corrected chi connectivity index (χ0v) is 15.7. The van der Waals surface area contributed by atoms with Crippen molar-refractivity contribution < 1.29 is 9.15 Å². The molecule has 132 valence electrons. The number of rotatable bonds is 4. The van der Waals surface area contributed by atoms with Crippen LogP contribution in [0.25, 0.3) is 17.0 Å². The van der Waals surface area contributed by atoms with Gasteiger partial charge in [0.05, 0.1) is 5.39 Å². The summed E-state index contributed by atoms with van der Waals surface area (Å²) in [4.78, 5) is 12.1. The summed E-state index contributed by atoms with van der Waals surface area (Å²) < 4.78 is 11.9. The Morgan fingerprint density at radius 1 is 1.32 bits per heavy atom. The van der Waals surface area contributed by atoms with Crippen molar-refractivity contribution in [1.82, 2.24) is 0 Å². The molecule has 0 saturated carbocycles. The van der Waals surface area contributed by atoms with E-state index in [0.29, 0.717) is 5.58 Å². The van der Waals surface area contributed by atoms with Crippen molar-refractivity contribution in [2.45, 2.75) is 59.0 Å². The minimum Gasteiger partial charge on any atom is -0.482 e. The van der Waals surface area contributed by atoms with Crippen LogP contribution >= 0.6 is 0 Å². The van der Waals surface area contributed by atoms with Crippen LogP contribution in [0.1, 0.15) is 63.6 Å². The molecule has 3 heteroatoms. The molecule has 1 aliphatic rings. The van der Waals surface area contributed by atoms with Crippen LogP contribution in [0.4, 0.5) is 0 Å². The largest absolute Gasteiger partial charge is 0.482 e. The Hall–Kier alpha value is -2.29. The minimum atomic E-state index is -0.398. The zero-order chi connectivity index (χ0) is 18.4. The molecule has 0 N–H and O–H groups in total. The Bertz CT molecular complexity index is 928. The monoisotopic (exact) mass is 338 g/mol. The molecule has 0 spiro atoms. The Balaban J connectivity index is 2.42. The van der Waals surface area contributed by atoms with Crippen molar-refractivity contribution >= 4 is 17.0 Å². The second-order valence-electron chi connectivity index (χ2n) is 7.53. The summed E-state index contributed by atoms with van der Waals surface area (Å²) in [5, 5.41) is 0.923. The van der Waals surface area contributed by atoms with E-state index >= 15 is 0 Å². The van der Waals surface area contributed by atoms with E-state index < -0.39 is 5.60 Å². The molecule has 3 nitrogen and oxygen atoms in total. The summed E-state index contributed by atoms with van der Waals surface area (Å²) in [6.07, 6.45) is 5.98. The van der Waals surface area contributed by atoms with Crippen LogP contribution in [-0.2, 0) is 6.42 Å². The van der Waals surface area contributed by atoms with Crippen LogP contribution in [0, 0.1) is 0 Å². The van der Waals surface area contributed by atoms with E-state index in [9.17, 15) is 4.79 Å². The standard InChI is InChI=1S/C22H26O3/c1-7-8-15-11-19(23)24-18-12-17(14(4)13(2)3)16-9-10-22(5,6)25-21(16)20(15)18/h9-12,14H,2,7-8H2,1,3-6H3/t14-/m0/s1. The Kier molecular flexibility index (Phi) is 4.36. The van der Waals surface area contributed by atoms with E-state index in [1.54, 1.807) is 6.07 Å². The van der Waals surface area contributed by atoms with E-state index in [-0.39, 0.29) is 11.5 Å². The van der Waals surface area contributed by atoms with Crippen molar-refractivity contribution in [1.29, 1.82) is 0 Å². The third kappa shape index (κ3) is 3.15. The van der Waals surface area contributed by atoms with Gasteiger partial charge in [-0.2, -0.15) is 0 Å². The third-order valence-corrected chi connectivity index (χ3v) is 4.88. The van der Waals surface area contributed by atoms with Crippen molar-refractivity contribution in [2.24, 2.45) is 0 Å². The average Bonchev–Trinajstić information content (AvgIpc) is 2.51. The first-order valence-electron chi connectivity index (χ1n) is 8.90. The average molecular weight is 338 g/mol. The van der Waals surface area contributed by atoms with Crippen LogP contribution in [0.15, 0.2) is 39.6 Å². The van der Waals surface area contributed by atoms with Gasteiger partial charge in [0.1, 0.15) is 16.9 Å². The van der Waals surface area contributed by atoms with Gasteiger partial charge in [-0.1, -0.05) is 38.5 Å². The van der Waals surface area contributed by atoms with E-state index in [2.05, 4.69) is 32.6 Å². The van der Waals surface area contributed by atoms with Crippen LogP contribution < -0.4 is 10.4 Å². The number of aryl methyl sites for hydroxylation is 1. The number of fused-ring (bicyclic) bond motifs is 3. The SMILES string of the molecule is C=C(C)[C@H](C)c1cc2oc(=O)cc(CCC)c2c2c1C=CC(C)(C)O2. The van der Waals surface area contributed by atoms with Gasteiger partial charge < -0.3 is 9.15 Å².